The summed E-state index contributed by atoms with van der Waals surface area (Å²) in [7, 11) is 0. The van der Waals surface area contributed by atoms with Crippen LogP contribution >= 0.6 is 0 Å². The second kappa shape index (κ2) is 15.3. The number of rotatable bonds is 17. The maximum Gasteiger partial charge on any atom is 0.372 e. The Bertz CT molecular complexity index is 934. The van der Waals surface area contributed by atoms with Crippen LogP contribution in [0.2, 0.25) is 0 Å². The van der Waals surface area contributed by atoms with E-state index in [0.717, 1.165) is 25.7 Å². The van der Waals surface area contributed by atoms with Crippen molar-refractivity contribution in [3.8, 4) is 5.75 Å². The molecule has 5 nitrogen and oxygen atoms in total. The van der Waals surface area contributed by atoms with Crippen molar-refractivity contribution in [3.05, 3.63) is 52.7 Å². The highest BCUT2D eigenvalue weighted by Gasteiger charge is 2.13. The van der Waals surface area contributed by atoms with E-state index in [1.54, 1.807) is 18.2 Å². The van der Waals surface area contributed by atoms with Crippen molar-refractivity contribution in [1.29, 1.82) is 0 Å². The number of benzene rings is 1. The van der Waals surface area contributed by atoms with E-state index in [1.165, 1.54) is 51.0 Å². The molecule has 33 heavy (non-hydrogen) atoms. The molecule has 0 fully saturated rings. The Kier molecular flexibility index (Phi) is 12.3. The first-order chi connectivity index (χ1) is 16.1. The molecule has 0 amide bonds. The number of carbonyl (C=O) groups excluding carboxylic acids is 1. The predicted octanol–water partition coefficient (Wildman–Crippen LogP) is 6.89. The van der Waals surface area contributed by atoms with Gasteiger partial charge in [-0.1, -0.05) is 71.3 Å². The third-order valence-electron chi connectivity index (χ3n) is 5.75. The summed E-state index contributed by atoms with van der Waals surface area (Å²) in [6, 6.07) is 5.23. The number of halogens is 1. The maximum atomic E-state index is 13.9. The minimum absolute atomic E-state index is 0.339. The minimum Gasteiger partial charge on any atom is -0.493 e. The summed E-state index contributed by atoms with van der Waals surface area (Å²) in [6.07, 6.45) is 14.4. The van der Waals surface area contributed by atoms with Gasteiger partial charge in [-0.05, 0) is 31.4 Å². The van der Waals surface area contributed by atoms with E-state index in [-0.39, 0.29) is 5.97 Å². The second-order valence-corrected chi connectivity index (χ2v) is 8.30. The van der Waals surface area contributed by atoms with E-state index >= 15 is 0 Å². The molecule has 182 valence electrons. The summed E-state index contributed by atoms with van der Waals surface area (Å²) in [5.41, 5.74) is -0.172. The topological polar surface area (TPSA) is 65.7 Å². The molecule has 0 spiro atoms. The van der Waals surface area contributed by atoms with Crippen LogP contribution < -0.4 is 10.4 Å². The molecule has 6 heteroatoms. The number of ether oxygens (including phenoxy) is 2. The molecule has 2 rings (SSSR count). The molecule has 0 saturated heterocycles. The summed E-state index contributed by atoms with van der Waals surface area (Å²) >= 11 is 0. The van der Waals surface area contributed by atoms with E-state index < -0.39 is 11.4 Å². The molecule has 0 aliphatic carbocycles. The summed E-state index contributed by atoms with van der Waals surface area (Å²) in [5, 5.41) is 0.621. The zero-order valence-corrected chi connectivity index (χ0v) is 19.8. The van der Waals surface area contributed by atoms with Gasteiger partial charge in [0.1, 0.15) is 11.3 Å². The molecule has 0 unspecified atom stereocenters. The standard InChI is InChI=1S/C27H37FO5/c1-3-22-23-17-16-21(20-24(23)33-27(30)26(22)28)31-18-14-12-10-8-6-5-7-9-11-13-15-19-32-25(29)4-2/h4,16-17,20H,2-3,5-15,18-19H2,1H3. The van der Waals surface area contributed by atoms with Gasteiger partial charge in [0.15, 0.2) is 0 Å². The van der Waals surface area contributed by atoms with Crippen LogP contribution in [-0.4, -0.2) is 19.2 Å². The molecule has 0 N–H and O–H groups in total. The van der Waals surface area contributed by atoms with Crippen molar-refractivity contribution in [2.45, 2.75) is 84.0 Å². The first kappa shape index (κ1) is 26.6. The van der Waals surface area contributed by atoms with Crippen molar-refractivity contribution < 1.29 is 23.1 Å². The van der Waals surface area contributed by atoms with E-state index in [0.29, 0.717) is 41.9 Å². The zero-order valence-electron chi connectivity index (χ0n) is 19.8. The van der Waals surface area contributed by atoms with E-state index in [4.69, 9.17) is 13.9 Å². The highest BCUT2D eigenvalue weighted by Crippen LogP contribution is 2.24. The third-order valence-corrected chi connectivity index (χ3v) is 5.75. The molecule has 0 bridgehead atoms. The normalized spacial score (nSPS) is 11.0. The van der Waals surface area contributed by atoms with Gasteiger partial charge in [0.05, 0.1) is 13.2 Å². The molecular formula is C27H37FO5. The van der Waals surface area contributed by atoms with Crippen molar-refractivity contribution in [1.82, 2.24) is 0 Å². The summed E-state index contributed by atoms with van der Waals surface area (Å²) in [6.45, 7) is 6.29. The number of hydrogen-bond acceptors (Lipinski definition) is 5. The summed E-state index contributed by atoms with van der Waals surface area (Å²) < 4.78 is 29.7. The molecule has 0 radical (unpaired) electrons. The van der Waals surface area contributed by atoms with E-state index in [9.17, 15) is 14.0 Å². The Morgan fingerprint density at radius 2 is 1.55 bits per heavy atom. The van der Waals surface area contributed by atoms with Crippen molar-refractivity contribution in [2.24, 2.45) is 0 Å². The molecule has 1 aromatic carbocycles. The Labute approximate surface area is 196 Å². The quantitative estimate of drug-likeness (QED) is 0.111. The average molecular weight is 461 g/mol. The SMILES string of the molecule is C=CC(=O)OCCCCCCCCCCCCCOc1ccc2c(CC)c(F)c(=O)oc2c1. The molecule has 2 aromatic rings. The third kappa shape index (κ3) is 9.40. The molecule has 1 aromatic heterocycles. The van der Waals surface area contributed by atoms with Crippen molar-refractivity contribution in [2.75, 3.05) is 13.2 Å². The van der Waals surface area contributed by atoms with Gasteiger partial charge in [-0.2, -0.15) is 4.39 Å². The summed E-state index contributed by atoms with van der Waals surface area (Å²) in [5.74, 6) is -0.506. The Morgan fingerprint density at radius 3 is 2.12 bits per heavy atom. The minimum atomic E-state index is -0.928. The van der Waals surface area contributed by atoms with Crippen LogP contribution in [0.1, 0.15) is 83.1 Å². The fourth-order valence-corrected chi connectivity index (χ4v) is 3.87. The van der Waals surface area contributed by atoms with Crippen LogP contribution in [0.5, 0.6) is 5.75 Å². The van der Waals surface area contributed by atoms with Gasteiger partial charge < -0.3 is 13.9 Å². The predicted molar refractivity (Wildman–Crippen MR) is 129 cm³/mol. The summed E-state index contributed by atoms with van der Waals surface area (Å²) in [4.78, 5) is 22.6. The average Bonchev–Trinajstić information content (AvgIpc) is 2.82. The molecule has 0 aliphatic rings. The lowest BCUT2D eigenvalue weighted by Crippen LogP contribution is -2.09. The lowest BCUT2D eigenvalue weighted by atomic mass is 10.1. The Hall–Kier alpha value is -2.63. The maximum absolute atomic E-state index is 13.9. The fourth-order valence-electron chi connectivity index (χ4n) is 3.87. The van der Waals surface area contributed by atoms with Crippen LogP contribution in [0.3, 0.4) is 0 Å². The monoisotopic (exact) mass is 460 g/mol. The molecule has 1 heterocycles. The first-order valence-electron chi connectivity index (χ1n) is 12.2. The number of fused-ring (bicyclic) bond motifs is 1. The number of unbranched alkanes of at least 4 members (excludes halogenated alkanes) is 10. The van der Waals surface area contributed by atoms with Crippen molar-refractivity contribution in [3.63, 3.8) is 0 Å². The second-order valence-electron chi connectivity index (χ2n) is 8.30. The largest absolute Gasteiger partial charge is 0.493 e. The smallest absolute Gasteiger partial charge is 0.372 e. The number of carbonyl (C=O) groups is 1. The molecule has 0 aliphatic heterocycles. The van der Waals surface area contributed by atoms with Gasteiger partial charge in [-0.25, -0.2) is 9.59 Å². The van der Waals surface area contributed by atoms with E-state index in [1.807, 2.05) is 6.92 Å². The van der Waals surface area contributed by atoms with Crippen LogP contribution in [0, 0.1) is 5.82 Å². The highest BCUT2D eigenvalue weighted by molar-refractivity contribution is 5.82. The molecular weight excluding hydrogens is 423 g/mol. The molecule has 0 atom stereocenters. The Morgan fingerprint density at radius 1 is 0.970 bits per heavy atom. The number of esters is 1. The van der Waals surface area contributed by atoms with Gasteiger partial charge in [-0.15, -0.1) is 0 Å². The van der Waals surface area contributed by atoms with Gasteiger partial charge >= 0.3 is 11.6 Å². The first-order valence-corrected chi connectivity index (χ1v) is 12.2. The van der Waals surface area contributed by atoms with Crippen LogP contribution in [0.4, 0.5) is 4.39 Å². The molecule has 0 saturated carbocycles. The lowest BCUT2D eigenvalue weighted by Gasteiger charge is -2.09. The van der Waals surface area contributed by atoms with Gasteiger partial charge in [-0.3, -0.25) is 0 Å². The lowest BCUT2D eigenvalue weighted by molar-refractivity contribution is -0.137. The van der Waals surface area contributed by atoms with E-state index in [2.05, 4.69) is 6.58 Å². The zero-order chi connectivity index (χ0) is 23.9. The van der Waals surface area contributed by atoms with Crippen molar-refractivity contribution >= 4 is 16.9 Å². The fraction of sp³-hybridized carbons (Fsp3) is 0.556. The number of aryl methyl sites for hydroxylation is 1. The van der Waals surface area contributed by atoms with Gasteiger partial charge in [0, 0.05) is 23.1 Å². The van der Waals surface area contributed by atoms with Gasteiger partial charge in [0.25, 0.3) is 0 Å². The highest BCUT2D eigenvalue weighted by atomic mass is 19.1. The van der Waals surface area contributed by atoms with Crippen LogP contribution in [0.15, 0.2) is 40.1 Å². The van der Waals surface area contributed by atoms with Gasteiger partial charge in [0.2, 0.25) is 5.82 Å². The van der Waals surface area contributed by atoms with Crippen LogP contribution in [0.25, 0.3) is 11.0 Å². The Balaban J connectivity index is 1.49. The van der Waals surface area contributed by atoms with Crippen LogP contribution in [-0.2, 0) is 16.0 Å². The number of hydrogen-bond donors (Lipinski definition) is 0.